The first-order valence-electron chi connectivity index (χ1n) is 8.15. The summed E-state index contributed by atoms with van der Waals surface area (Å²) in [5, 5.41) is 3.53. The fraction of sp³-hybridized carbons (Fsp3) is 0.333. The van der Waals surface area contributed by atoms with E-state index in [1.807, 2.05) is 0 Å². The molecule has 1 aromatic heterocycles. The normalized spacial score (nSPS) is 13.9. The lowest BCUT2D eigenvalue weighted by molar-refractivity contribution is 0.0747. The molecule has 4 nitrogen and oxygen atoms in total. The number of aromatic nitrogens is 2. The molecule has 0 bridgehead atoms. The molecule has 3 rings (SSSR count). The predicted octanol–water partition coefficient (Wildman–Crippen LogP) is 4.61. The summed E-state index contributed by atoms with van der Waals surface area (Å²) in [7, 11) is 1.15. The van der Waals surface area contributed by atoms with Crippen molar-refractivity contribution in [2.75, 3.05) is 6.54 Å². The molecule has 1 aromatic carbocycles. The van der Waals surface area contributed by atoms with Gasteiger partial charge in [-0.25, -0.2) is 17.9 Å². The van der Waals surface area contributed by atoms with Gasteiger partial charge in [0.1, 0.15) is 17.1 Å². The zero-order valence-electron chi connectivity index (χ0n) is 14.4. The van der Waals surface area contributed by atoms with Gasteiger partial charge in [-0.2, -0.15) is 9.49 Å². The fourth-order valence-corrected chi connectivity index (χ4v) is 3.14. The largest absolute Gasteiger partial charge is 0.331 e. The van der Waals surface area contributed by atoms with Crippen molar-refractivity contribution in [1.29, 1.82) is 0 Å². The Morgan fingerprint density at radius 2 is 2.07 bits per heavy atom. The van der Waals surface area contributed by atoms with Crippen LogP contribution >= 0.6 is 11.6 Å². The molecule has 0 saturated heterocycles. The van der Waals surface area contributed by atoms with Gasteiger partial charge in [-0.05, 0) is 36.1 Å². The maximum absolute atomic E-state index is 14.3. The number of carbonyl (C=O) groups is 1. The van der Waals surface area contributed by atoms with Gasteiger partial charge in [0.15, 0.2) is 0 Å². The van der Waals surface area contributed by atoms with Crippen LogP contribution in [0.3, 0.4) is 0 Å². The fourth-order valence-electron chi connectivity index (χ4n) is 2.84. The first-order valence-corrected chi connectivity index (χ1v) is 8.53. The van der Waals surface area contributed by atoms with Crippen molar-refractivity contribution in [2.45, 2.75) is 25.3 Å². The van der Waals surface area contributed by atoms with Crippen LogP contribution in [-0.2, 0) is 7.05 Å². The highest BCUT2D eigenvalue weighted by molar-refractivity contribution is 6.32. The van der Waals surface area contributed by atoms with Crippen molar-refractivity contribution in [2.24, 2.45) is 7.05 Å². The Balaban J connectivity index is 1.91. The molecule has 0 unspecified atom stereocenters. The number of amides is 1. The van der Waals surface area contributed by atoms with E-state index in [0.717, 1.165) is 13.1 Å². The van der Waals surface area contributed by atoms with Gasteiger partial charge in [0, 0.05) is 19.6 Å². The van der Waals surface area contributed by atoms with Gasteiger partial charge in [-0.15, -0.1) is 0 Å². The summed E-state index contributed by atoms with van der Waals surface area (Å²) >= 11 is 6.02. The van der Waals surface area contributed by atoms with Crippen LogP contribution in [0.4, 0.5) is 17.6 Å². The van der Waals surface area contributed by atoms with Crippen LogP contribution in [0, 0.1) is 11.8 Å². The molecule has 0 N–H and O–H groups in total. The summed E-state index contributed by atoms with van der Waals surface area (Å²) in [6.07, 6.45) is -1.75. The highest BCUT2D eigenvalue weighted by Gasteiger charge is 2.38. The predicted molar refractivity (Wildman–Crippen MR) is 92.6 cm³/mol. The Labute approximate surface area is 158 Å². The Hall–Kier alpha value is -2.35. The summed E-state index contributed by atoms with van der Waals surface area (Å²) in [4.78, 5) is 14.1. The van der Waals surface area contributed by atoms with E-state index in [0.29, 0.717) is 28.7 Å². The quantitative estimate of drug-likeness (QED) is 0.663. The molecular weight excluding hydrogens is 386 g/mol. The van der Waals surface area contributed by atoms with Crippen molar-refractivity contribution in [3.05, 3.63) is 58.4 Å². The van der Waals surface area contributed by atoms with Crippen LogP contribution in [-0.4, -0.2) is 33.2 Å². The van der Waals surface area contributed by atoms with Crippen LogP contribution in [0.5, 0.6) is 0 Å². The number of hydrogen-bond acceptors (Lipinski definition) is 2. The number of nitrogens with zero attached hydrogens (tertiary/aromatic N) is 3. The molecule has 0 radical (unpaired) electrons. The molecule has 27 heavy (non-hydrogen) atoms. The molecule has 1 aliphatic carbocycles. The van der Waals surface area contributed by atoms with Crippen LogP contribution in [0.1, 0.15) is 40.9 Å². The molecule has 0 aliphatic heterocycles. The van der Waals surface area contributed by atoms with E-state index < -0.39 is 35.4 Å². The second-order valence-electron chi connectivity index (χ2n) is 6.37. The van der Waals surface area contributed by atoms with E-state index in [2.05, 4.69) is 11.7 Å². The zero-order valence-corrected chi connectivity index (χ0v) is 15.1. The molecule has 1 fully saturated rings. The van der Waals surface area contributed by atoms with Crippen molar-refractivity contribution in [3.63, 3.8) is 0 Å². The summed E-state index contributed by atoms with van der Waals surface area (Å²) in [5.41, 5.74) is -0.811. The molecule has 1 heterocycles. The van der Waals surface area contributed by atoms with Crippen molar-refractivity contribution >= 4 is 23.1 Å². The smallest absolute Gasteiger partial charge is 0.283 e. The minimum atomic E-state index is -3.09. The lowest BCUT2D eigenvalue weighted by Gasteiger charge is -2.24. The van der Waals surface area contributed by atoms with E-state index in [-0.39, 0.29) is 17.6 Å². The van der Waals surface area contributed by atoms with Gasteiger partial charge >= 0.3 is 0 Å². The topological polar surface area (TPSA) is 38.1 Å². The first kappa shape index (κ1) is 19.4. The standard InChI is InChI=1S/C18H16ClF4N3O/c1-9(12-6-3-10(20)7-13(12)19)8-26(11-4-5-11)18(27)14-15(16(21)22)24-25(2)17(14)23/h3,6-7,11,16H,1,4-5,8H2,2H3. The number of carbonyl (C=O) groups excluding carboxylic acids is 1. The summed E-state index contributed by atoms with van der Waals surface area (Å²) in [6.45, 7) is 3.81. The Morgan fingerprint density at radius 1 is 1.41 bits per heavy atom. The van der Waals surface area contributed by atoms with E-state index in [1.54, 1.807) is 0 Å². The van der Waals surface area contributed by atoms with Crippen LogP contribution in [0.25, 0.3) is 5.57 Å². The van der Waals surface area contributed by atoms with Gasteiger partial charge in [0.25, 0.3) is 12.3 Å². The Morgan fingerprint density at radius 3 is 2.63 bits per heavy atom. The number of rotatable bonds is 6. The Kier molecular flexibility index (Phi) is 5.28. The van der Waals surface area contributed by atoms with E-state index in [1.165, 1.54) is 17.0 Å². The number of halogens is 5. The SMILES string of the molecule is C=C(CN(C(=O)c1c(C(F)F)nn(C)c1F)C1CC1)c1ccc(F)cc1Cl. The monoisotopic (exact) mass is 401 g/mol. The second-order valence-corrected chi connectivity index (χ2v) is 6.77. The number of hydrogen-bond donors (Lipinski definition) is 0. The number of aryl methyl sites for hydroxylation is 1. The summed E-state index contributed by atoms with van der Waals surface area (Å²) in [5.74, 6) is -2.52. The Bertz CT molecular complexity index is 908. The summed E-state index contributed by atoms with van der Waals surface area (Å²) in [6, 6.07) is 3.52. The molecule has 2 aromatic rings. The van der Waals surface area contributed by atoms with Gasteiger partial charge < -0.3 is 4.90 Å². The third kappa shape index (κ3) is 3.85. The molecule has 1 aliphatic rings. The zero-order chi connectivity index (χ0) is 19.9. The van der Waals surface area contributed by atoms with Gasteiger partial charge in [0.2, 0.25) is 5.95 Å². The molecule has 1 amide bonds. The van der Waals surface area contributed by atoms with E-state index in [9.17, 15) is 22.4 Å². The van der Waals surface area contributed by atoms with Crippen LogP contribution < -0.4 is 0 Å². The molecular formula is C18H16ClF4N3O. The lowest BCUT2D eigenvalue weighted by Crippen LogP contribution is -2.35. The third-order valence-electron chi connectivity index (χ3n) is 4.35. The molecule has 0 atom stereocenters. The van der Waals surface area contributed by atoms with E-state index in [4.69, 9.17) is 11.6 Å². The third-order valence-corrected chi connectivity index (χ3v) is 4.66. The minimum Gasteiger partial charge on any atom is -0.331 e. The maximum Gasteiger partial charge on any atom is 0.283 e. The van der Waals surface area contributed by atoms with Crippen molar-refractivity contribution in [3.8, 4) is 0 Å². The minimum absolute atomic E-state index is 0.0497. The lowest BCUT2D eigenvalue weighted by atomic mass is 10.1. The highest BCUT2D eigenvalue weighted by atomic mass is 35.5. The first-order chi connectivity index (χ1) is 12.7. The average Bonchev–Trinajstić information content (AvgIpc) is 3.38. The maximum atomic E-state index is 14.3. The van der Waals surface area contributed by atoms with Crippen molar-refractivity contribution < 1.29 is 22.4 Å². The second kappa shape index (κ2) is 7.34. The van der Waals surface area contributed by atoms with Crippen LogP contribution in [0.15, 0.2) is 24.8 Å². The molecule has 0 spiro atoms. The summed E-state index contributed by atoms with van der Waals surface area (Å²) < 4.78 is 54.5. The van der Waals surface area contributed by atoms with Gasteiger partial charge in [-0.3, -0.25) is 4.79 Å². The number of alkyl halides is 2. The van der Waals surface area contributed by atoms with E-state index >= 15 is 0 Å². The highest BCUT2D eigenvalue weighted by Crippen LogP contribution is 2.34. The number of benzene rings is 1. The van der Waals surface area contributed by atoms with Crippen molar-refractivity contribution in [1.82, 2.24) is 14.7 Å². The van der Waals surface area contributed by atoms with Gasteiger partial charge in [-0.1, -0.05) is 24.2 Å². The molecule has 9 heteroatoms. The molecule has 1 saturated carbocycles. The average molecular weight is 402 g/mol. The van der Waals surface area contributed by atoms with Crippen LogP contribution in [0.2, 0.25) is 5.02 Å². The molecule has 144 valence electrons. The van der Waals surface area contributed by atoms with Gasteiger partial charge in [0.05, 0.1) is 5.02 Å².